The maximum atomic E-state index is 12.7. The van der Waals surface area contributed by atoms with Crippen molar-refractivity contribution in [2.24, 2.45) is 5.10 Å². The molecular weight excluding hydrogens is 464 g/mol. The van der Waals surface area contributed by atoms with Gasteiger partial charge in [-0.25, -0.2) is 5.43 Å². The van der Waals surface area contributed by atoms with Gasteiger partial charge in [0.2, 0.25) is 0 Å². The summed E-state index contributed by atoms with van der Waals surface area (Å²) in [5.74, 6) is -0.134. The molecule has 0 unspecified atom stereocenters. The van der Waals surface area contributed by atoms with E-state index in [0.29, 0.717) is 27.5 Å². The van der Waals surface area contributed by atoms with Gasteiger partial charge >= 0.3 is 0 Å². The number of carbonyl (C=O) groups excluding carboxylic acids is 2. The van der Waals surface area contributed by atoms with Crippen LogP contribution in [0.4, 0.5) is 0 Å². The number of hydrogen-bond donors (Lipinski definition) is 2. The summed E-state index contributed by atoms with van der Waals surface area (Å²) >= 11 is 5.88. The first-order valence-electron chi connectivity index (χ1n) is 10.9. The van der Waals surface area contributed by atoms with E-state index in [9.17, 15) is 14.7 Å². The Morgan fingerprint density at radius 3 is 2.23 bits per heavy atom. The number of nitrogens with zero attached hydrogens (tertiary/aromatic N) is 1. The molecule has 4 rings (SSSR count). The number of hydrazone groups is 1. The average Bonchev–Trinajstić information content (AvgIpc) is 2.85. The minimum absolute atomic E-state index is 0.0606. The fourth-order valence-corrected chi connectivity index (χ4v) is 3.62. The van der Waals surface area contributed by atoms with Crippen LogP contribution in [-0.2, 0) is 4.79 Å². The average molecular weight is 487 g/mol. The molecule has 0 aliphatic heterocycles. The number of benzene rings is 4. The van der Waals surface area contributed by atoms with Crippen LogP contribution < -0.4 is 10.2 Å². The molecule has 0 saturated carbocycles. The fourth-order valence-electron chi connectivity index (χ4n) is 3.49. The number of halogens is 1. The van der Waals surface area contributed by atoms with Crippen molar-refractivity contribution < 1.29 is 19.4 Å². The summed E-state index contributed by atoms with van der Waals surface area (Å²) in [5, 5.41) is 16.6. The lowest BCUT2D eigenvalue weighted by atomic mass is 10.0. The van der Waals surface area contributed by atoms with Crippen molar-refractivity contribution in [3.8, 4) is 11.5 Å². The Morgan fingerprint density at radius 2 is 1.54 bits per heavy atom. The molecule has 35 heavy (non-hydrogen) atoms. The topological polar surface area (TPSA) is 88.0 Å². The lowest BCUT2D eigenvalue weighted by Gasteiger charge is -2.24. The third-order valence-electron chi connectivity index (χ3n) is 5.45. The van der Waals surface area contributed by atoms with E-state index in [2.05, 4.69) is 10.5 Å². The summed E-state index contributed by atoms with van der Waals surface area (Å²) < 4.78 is 5.85. The maximum Gasteiger partial charge on any atom is 0.283 e. The third-order valence-corrected chi connectivity index (χ3v) is 5.70. The number of ketones is 1. The summed E-state index contributed by atoms with van der Waals surface area (Å²) in [7, 11) is 0. The number of amides is 1. The van der Waals surface area contributed by atoms with Gasteiger partial charge in [-0.3, -0.25) is 9.59 Å². The molecule has 1 amide bonds. The van der Waals surface area contributed by atoms with E-state index in [1.165, 1.54) is 6.21 Å². The van der Waals surface area contributed by atoms with E-state index in [1.807, 2.05) is 30.3 Å². The van der Waals surface area contributed by atoms with Crippen molar-refractivity contribution in [3.63, 3.8) is 0 Å². The number of phenols is 1. The predicted octanol–water partition coefficient (Wildman–Crippen LogP) is 5.74. The molecule has 0 saturated heterocycles. The van der Waals surface area contributed by atoms with E-state index in [-0.39, 0.29) is 11.5 Å². The number of hydrogen-bond acceptors (Lipinski definition) is 5. The number of carbonyl (C=O) groups is 2. The van der Waals surface area contributed by atoms with Gasteiger partial charge in [0.1, 0.15) is 11.5 Å². The Hall–Kier alpha value is -4.16. The van der Waals surface area contributed by atoms with Crippen LogP contribution >= 0.6 is 11.6 Å². The molecule has 176 valence electrons. The lowest BCUT2D eigenvalue weighted by Crippen LogP contribution is -2.44. The molecule has 4 aromatic rings. The van der Waals surface area contributed by atoms with Gasteiger partial charge in [0.25, 0.3) is 5.91 Å². The summed E-state index contributed by atoms with van der Waals surface area (Å²) in [4.78, 5) is 25.3. The number of aromatic hydroxyl groups is 1. The van der Waals surface area contributed by atoms with Crippen LogP contribution in [0.2, 0.25) is 5.02 Å². The minimum Gasteiger partial charge on any atom is -0.507 e. The first kappa shape index (κ1) is 24.0. The van der Waals surface area contributed by atoms with Crippen molar-refractivity contribution >= 4 is 40.3 Å². The SMILES string of the molecule is CC(C)(Oc1ccc(C(=O)c2ccc(Cl)cc2)cc1)C(=O)N/N=C/c1c(O)ccc2ccccc12. The molecule has 2 N–H and O–H groups in total. The Balaban J connectivity index is 1.42. The van der Waals surface area contributed by atoms with E-state index in [1.54, 1.807) is 68.4 Å². The van der Waals surface area contributed by atoms with Gasteiger partial charge in [0, 0.05) is 21.7 Å². The fraction of sp³-hybridized carbons (Fsp3) is 0.107. The van der Waals surface area contributed by atoms with Crippen molar-refractivity contribution in [2.45, 2.75) is 19.4 Å². The van der Waals surface area contributed by atoms with Crippen molar-refractivity contribution in [1.82, 2.24) is 5.43 Å². The molecule has 7 heteroatoms. The molecule has 6 nitrogen and oxygen atoms in total. The number of nitrogens with one attached hydrogen (secondary N) is 1. The molecule has 0 atom stereocenters. The summed E-state index contributed by atoms with van der Waals surface area (Å²) in [5.41, 5.74) is 2.73. The van der Waals surface area contributed by atoms with Crippen LogP contribution in [0.15, 0.2) is 90.0 Å². The first-order chi connectivity index (χ1) is 16.7. The second kappa shape index (κ2) is 9.99. The molecule has 0 radical (unpaired) electrons. The summed E-state index contributed by atoms with van der Waals surface area (Å²) in [6.07, 6.45) is 1.41. The summed E-state index contributed by atoms with van der Waals surface area (Å²) in [6.45, 7) is 3.22. The van der Waals surface area contributed by atoms with Crippen molar-refractivity contribution in [3.05, 3.63) is 107 Å². The standard InChI is InChI=1S/C28H23ClN2O4/c1-28(2,27(34)31-30-17-24-23-6-4-3-5-18(23)11-16-25(24)32)35-22-14-9-20(10-15-22)26(33)19-7-12-21(29)13-8-19/h3-17,32H,1-2H3,(H,31,34)/b30-17+. The third kappa shape index (κ3) is 5.50. The molecule has 4 aromatic carbocycles. The highest BCUT2D eigenvalue weighted by atomic mass is 35.5. The first-order valence-corrected chi connectivity index (χ1v) is 11.3. The number of phenolic OH excluding ortho intramolecular Hbond substituents is 1. The van der Waals surface area contributed by atoms with Crippen molar-refractivity contribution in [2.75, 3.05) is 0 Å². The Kier molecular flexibility index (Phi) is 6.85. The molecule has 0 bridgehead atoms. The largest absolute Gasteiger partial charge is 0.507 e. The van der Waals surface area contributed by atoms with Gasteiger partial charge in [-0.05, 0) is 79.2 Å². The number of fused-ring (bicyclic) bond motifs is 1. The highest BCUT2D eigenvalue weighted by Crippen LogP contribution is 2.25. The van der Waals surface area contributed by atoms with Crippen LogP contribution in [0.25, 0.3) is 10.8 Å². The zero-order valence-electron chi connectivity index (χ0n) is 19.2. The Morgan fingerprint density at radius 1 is 0.914 bits per heavy atom. The molecule has 0 aromatic heterocycles. The van der Waals surface area contributed by atoms with Crippen LogP contribution in [-0.4, -0.2) is 28.6 Å². The Bertz CT molecular complexity index is 1410. The molecule has 0 fully saturated rings. The van der Waals surface area contributed by atoms with Gasteiger partial charge in [-0.2, -0.15) is 5.10 Å². The lowest BCUT2D eigenvalue weighted by molar-refractivity contribution is -0.134. The van der Waals surface area contributed by atoms with E-state index < -0.39 is 11.5 Å². The maximum absolute atomic E-state index is 12.7. The molecule has 0 aliphatic rings. The van der Waals surface area contributed by atoms with Crippen LogP contribution in [0, 0.1) is 0 Å². The normalized spacial score (nSPS) is 11.5. The smallest absolute Gasteiger partial charge is 0.283 e. The van der Waals surface area contributed by atoms with E-state index in [4.69, 9.17) is 16.3 Å². The van der Waals surface area contributed by atoms with E-state index >= 15 is 0 Å². The van der Waals surface area contributed by atoms with Gasteiger partial charge < -0.3 is 9.84 Å². The zero-order chi connectivity index (χ0) is 25.0. The highest BCUT2D eigenvalue weighted by Gasteiger charge is 2.30. The number of rotatable bonds is 7. The minimum atomic E-state index is -1.25. The van der Waals surface area contributed by atoms with Crippen LogP contribution in [0.3, 0.4) is 0 Å². The van der Waals surface area contributed by atoms with Gasteiger partial charge in [-0.15, -0.1) is 0 Å². The quantitative estimate of drug-likeness (QED) is 0.198. The van der Waals surface area contributed by atoms with Crippen LogP contribution in [0.5, 0.6) is 11.5 Å². The number of ether oxygens (including phenoxy) is 1. The van der Waals surface area contributed by atoms with Gasteiger partial charge in [0.15, 0.2) is 11.4 Å². The highest BCUT2D eigenvalue weighted by molar-refractivity contribution is 6.30. The second-order valence-corrected chi connectivity index (χ2v) is 8.83. The van der Waals surface area contributed by atoms with Crippen molar-refractivity contribution in [1.29, 1.82) is 0 Å². The van der Waals surface area contributed by atoms with Crippen LogP contribution in [0.1, 0.15) is 35.3 Å². The molecular formula is C28H23ClN2O4. The van der Waals surface area contributed by atoms with E-state index in [0.717, 1.165) is 10.8 Å². The zero-order valence-corrected chi connectivity index (χ0v) is 19.9. The van der Waals surface area contributed by atoms with Gasteiger partial charge in [-0.1, -0.05) is 41.9 Å². The monoisotopic (exact) mass is 486 g/mol. The molecule has 0 spiro atoms. The summed E-state index contributed by atoms with van der Waals surface area (Å²) in [6, 6.07) is 24.2. The Labute approximate surface area is 207 Å². The predicted molar refractivity (Wildman–Crippen MR) is 137 cm³/mol. The second-order valence-electron chi connectivity index (χ2n) is 8.39. The molecule has 0 heterocycles. The van der Waals surface area contributed by atoms with Gasteiger partial charge in [0.05, 0.1) is 6.21 Å². The molecule has 0 aliphatic carbocycles.